The molecule has 0 aliphatic heterocycles. The van der Waals surface area contributed by atoms with Crippen LogP contribution >= 0.6 is 11.6 Å². The van der Waals surface area contributed by atoms with E-state index in [0.717, 1.165) is 16.7 Å². The van der Waals surface area contributed by atoms with Crippen LogP contribution in [0, 0.1) is 6.92 Å². The third kappa shape index (κ3) is 2.33. The van der Waals surface area contributed by atoms with Crippen LogP contribution in [0.25, 0.3) is 0 Å². The number of rotatable bonds is 2. The van der Waals surface area contributed by atoms with Crippen molar-refractivity contribution in [1.29, 1.82) is 0 Å². The molecule has 0 fully saturated rings. The number of aryl methyl sites for hydroxylation is 1. The van der Waals surface area contributed by atoms with Crippen molar-refractivity contribution in [3.8, 4) is 0 Å². The van der Waals surface area contributed by atoms with E-state index in [1.54, 1.807) is 13.0 Å². The van der Waals surface area contributed by atoms with E-state index in [1.165, 1.54) is 0 Å². The van der Waals surface area contributed by atoms with E-state index < -0.39 is 6.10 Å². The van der Waals surface area contributed by atoms with Crippen molar-refractivity contribution in [1.82, 2.24) is 0 Å². The van der Waals surface area contributed by atoms with Gasteiger partial charge in [0.25, 0.3) is 0 Å². The minimum atomic E-state index is -0.613. The lowest BCUT2D eigenvalue weighted by Crippen LogP contribution is -1.97. The Kier molecular flexibility index (Phi) is 3.12. The van der Waals surface area contributed by atoms with E-state index in [0.29, 0.717) is 5.02 Å². The summed E-state index contributed by atoms with van der Waals surface area (Å²) in [5, 5.41) is 10.3. The summed E-state index contributed by atoms with van der Waals surface area (Å²) in [5.41, 5.74) is 2.53. The standard InChI is InChI=1S/C11H13ClO/c1-7(2)11(13)9-5-4-8(3)10(12)6-9/h4-6,11,13H,1H2,2-3H3. The summed E-state index contributed by atoms with van der Waals surface area (Å²) in [4.78, 5) is 0. The van der Waals surface area contributed by atoms with Gasteiger partial charge in [-0.1, -0.05) is 30.3 Å². The molecule has 1 atom stereocenters. The Morgan fingerprint density at radius 3 is 2.62 bits per heavy atom. The second-order valence-electron chi connectivity index (χ2n) is 3.26. The fraction of sp³-hybridized carbons (Fsp3) is 0.273. The van der Waals surface area contributed by atoms with Crippen molar-refractivity contribution in [2.75, 3.05) is 0 Å². The molecule has 70 valence electrons. The molecule has 0 radical (unpaired) electrons. The van der Waals surface area contributed by atoms with Gasteiger partial charge in [-0.2, -0.15) is 0 Å². The van der Waals surface area contributed by atoms with Crippen molar-refractivity contribution in [3.63, 3.8) is 0 Å². The Morgan fingerprint density at radius 1 is 1.54 bits per heavy atom. The van der Waals surface area contributed by atoms with E-state index in [9.17, 15) is 5.11 Å². The third-order valence-electron chi connectivity index (χ3n) is 1.98. The molecule has 1 aromatic carbocycles. The van der Waals surface area contributed by atoms with Gasteiger partial charge in [0.15, 0.2) is 0 Å². The van der Waals surface area contributed by atoms with E-state index in [1.807, 2.05) is 19.1 Å². The van der Waals surface area contributed by atoms with E-state index in [2.05, 4.69) is 6.58 Å². The van der Waals surface area contributed by atoms with Crippen LogP contribution in [0.5, 0.6) is 0 Å². The summed E-state index contributed by atoms with van der Waals surface area (Å²) in [6.45, 7) is 7.41. The molecule has 0 saturated heterocycles. The lowest BCUT2D eigenvalue weighted by Gasteiger charge is -2.11. The highest BCUT2D eigenvalue weighted by Crippen LogP contribution is 2.24. The van der Waals surface area contributed by atoms with Crippen molar-refractivity contribution < 1.29 is 5.11 Å². The van der Waals surface area contributed by atoms with Crippen molar-refractivity contribution in [2.24, 2.45) is 0 Å². The first-order valence-corrected chi connectivity index (χ1v) is 4.49. The number of hydrogen-bond acceptors (Lipinski definition) is 1. The van der Waals surface area contributed by atoms with Gasteiger partial charge in [0, 0.05) is 5.02 Å². The summed E-state index contributed by atoms with van der Waals surface area (Å²) in [6.07, 6.45) is -0.613. The van der Waals surface area contributed by atoms with Gasteiger partial charge in [0.1, 0.15) is 0 Å². The normalized spacial score (nSPS) is 12.6. The quantitative estimate of drug-likeness (QED) is 0.720. The van der Waals surface area contributed by atoms with Crippen LogP contribution in [0.4, 0.5) is 0 Å². The van der Waals surface area contributed by atoms with Crippen molar-refractivity contribution in [3.05, 3.63) is 46.5 Å². The number of aliphatic hydroxyl groups is 1. The summed E-state index contributed by atoms with van der Waals surface area (Å²) in [6, 6.07) is 5.53. The molecule has 13 heavy (non-hydrogen) atoms. The summed E-state index contributed by atoms with van der Waals surface area (Å²) >= 11 is 5.92. The Labute approximate surface area is 83.7 Å². The lowest BCUT2D eigenvalue weighted by molar-refractivity contribution is 0.216. The van der Waals surface area contributed by atoms with Crippen molar-refractivity contribution in [2.45, 2.75) is 20.0 Å². The van der Waals surface area contributed by atoms with Crippen molar-refractivity contribution >= 4 is 11.6 Å². The number of aliphatic hydroxyl groups excluding tert-OH is 1. The third-order valence-corrected chi connectivity index (χ3v) is 2.39. The Morgan fingerprint density at radius 2 is 2.15 bits per heavy atom. The van der Waals surface area contributed by atoms with Gasteiger partial charge in [0.2, 0.25) is 0 Å². The van der Waals surface area contributed by atoms with Crippen LogP contribution in [0.2, 0.25) is 5.02 Å². The zero-order chi connectivity index (χ0) is 10.0. The fourth-order valence-electron chi connectivity index (χ4n) is 1.06. The maximum atomic E-state index is 9.65. The molecule has 1 unspecified atom stereocenters. The average molecular weight is 197 g/mol. The molecule has 0 aliphatic rings. The predicted octanol–water partition coefficient (Wildman–Crippen LogP) is 3.26. The smallest absolute Gasteiger partial charge is 0.0996 e. The van der Waals surface area contributed by atoms with Crippen LogP contribution < -0.4 is 0 Å². The summed E-state index contributed by atoms with van der Waals surface area (Å²) < 4.78 is 0. The molecule has 0 heterocycles. The first-order valence-electron chi connectivity index (χ1n) is 4.12. The molecular weight excluding hydrogens is 184 g/mol. The largest absolute Gasteiger partial charge is 0.384 e. The van der Waals surface area contributed by atoms with Gasteiger partial charge >= 0.3 is 0 Å². The number of halogens is 1. The van der Waals surface area contributed by atoms with Gasteiger partial charge in [-0.15, -0.1) is 0 Å². The molecule has 0 saturated carbocycles. The van der Waals surface area contributed by atoms with Gasteiger partial charge in [0.05, 0.1) is 6.10 Å². The van der Waals surface area contributed by atoms with E-state index in [-0.39, 0.29) is 0 Å². The molecule has 0 spiro atoms. The van der Waals surface area contributed by atoms with Gasteiger partial charge in [-0.05, 0) is 36.6 Å². The predicted molar refractivity (Wildman–Crippen MR) is 56.0 cm³/mol. The number of hydrogen-bond donors (Lipinski definition) is 1. The highest BCUT2D eigenvalue weighted by Gasteiger charge is 2.08. The summed E-state index contributed by atoms with van der Waals surface area (Å²) in [7, 11) is 0. The molecule has 1 aromatic rings. The van der Waals surface area contributed by atoms with Gasteiger partial charge < -0.3 is 5.11 Å². The average Bonchev–Trinajstić information content (AvgIpc) is 2.08. The van der Waals surface area contributed by atoms with Crippen LogP contribution in [0.15, 0.2) is 30.4 Å². The first kappa shape index (κ1) is 10.3. The van der Waals surface area contributed by atoms with Crippen LogP contribution in [-0.2, 0) is 0 Å². The van der Waals surface area contributed by atoms with E-state index >= 15 is 0 Å². The molecule has 1 N–H and O–H groups in total. The topological polar surface area (TPSA) is 20.2 Å². The molecular formula is C11H13ClO. The minimum Gasteiger partial charge on any atom is -0.384 e. The summed E-state index contributed by atoms with van der Waals surface area (Å²) in [5.74, 6) is 0. The Balaban J connectivity index is 3.03. The van der Waals surface area contributed by atoms with Crippen LogP contribution in [-0.4, -0.2) is 5.11 Å². The zero-order valence-corrected chi connectivity index (χ0v) is 8.60. The molecule has 2 heteroatoms. The van der Waals surface area contributed by atoms with Crippen LogP contribution in [0.3, 0.4) is 0 Å². The molecule has 0 aliphatic carbocycles. The molecule has 0 aromatic heterocycles. The van der Waals surface area contributed by atoms with Crippen LogP contribution in [0.1, 0.15) is 24.2 Å². The fourth-order valence-corrected chi connectivity index (χ4v) is 1.25. The SMILES string of the molecule is C=C(C)C(O)c1ccc(C)c(Cl)c1. The molecule has 1 rings (SSSR count). The minimum absolute atomic E-state index is 0.613. The lowest BCUT2D eigenvalue weighted by atomic mass is 10.0. The van der Waals surface area contributed by atoms with E-state index in [4.69, 9.17) is 11.6 Å². The highest BCUT2D eigenvalue weighted by molar-refractivity contribution is 6.31. The maximum Gasteiger partial charge on any atom is 0.0996 e. The molecule has 1 nitrogen and oxygen atoms in total. The molecule has 0 bridgehead atoms. The second-order valence-corrected chi connectivity index (χ2v) is 3.66. The Hall–Kier alpha value is -0.790. The van der Waals surface area contributed by atoms with Gasteiger partial charge in [-0.3, -0.25) is 0 Å². The zero-order valence-electron chi connectivity index (χ0n) is 7.84. The monoisotopic (exact) mass is 196 g/mol. The van der Waals surface area contributed by atoms with Gasteiger partial charge in [-0.25, -0.2) is 0 Å². The maximum absolute atomic E-state index is 9.65. The Bertz CT molecular complexity index is 331. The first-order chi connectivity index (χ1) is 6.02. The second kappa shape index (κ2) is 3.95. The highest BCUT2D eigenvalue weighted by atomic mass is 35.5. The number of benzene rings is 1. The molecule has 0 amide bonds.